The molecule has 114 valence electrons. The molecule has 1 amide bonds. The number of benzene rings is 1. The molecule has 2 aliphatic heterocycles. The fourth-order valence-electron chi connectivity index (χ4n) is 2.28. The van der Waals surface area contributed by atoms with Crippen LogP contribution in [0.15, 0.2) is 23.1 Å². The minimum atomic E-state index is -3.61. The second kappa shape index (κ2) is 5.63. The van der Waals surface area contributed by atoms with Crippen LogP contribution in [0, 0.1) is 5.92 Å². The molecule has 0 radical (unpaired) electrons. The van der Waals surface area contributed by atoms with Crippen LogP contribution in [0.1, 0.15) is 6.42 Å². The summed E-state index contributed by atoms with van der Waals surface area (Å²) in [5, 5.41) is 2.59. The summed E-state index contributed by atoms with van der Waals surface area (Å²) in [6.45, 7) is 1.55. The summed E-state index contributed by atoms with van der Waals surface area (Å²) in [6, 6.07) is 4.41. The first-order valence-electron chi connectivity index (χ1n) is 6.69. The zero-order valence-corrected chi connectivity index (χ0v) is 12.1. The highest BCUT2D eigenvalue weighted by atomic mass is 32.2. The predicted molar refractivity (Wildman–Crippen MR) is 74.7 cm³/mol. The highest BCUT2D eigenvalue weighted by Crippen LogP contribution is 2.30. The number of ether oxygens (including phenoxy) is 2. The van der Waals surface area contributed by atoms with Gasteiger partial charge in [0.2, 0.25) is 10.0 Å². The quantitative estimate of drug-likeness (QED) is 0.836. The molecule has 0 aliphatic carbocycles. The molecule has 8 heteroatoms. The lowest BCUT2D eigenvalue weighted by Crippen LogP contribution is -2.30. The van der Waals surface area contributed by atoms with Crippen molar-refractivity contribution >= 4 is 21.6 Å². The first kappa shape index (κ1) is 14.3. The number of nitrogens with one attached hydrogen (secondary N) is 2. The van der Waals surface area contributed by atoms with E-state index >= 15 is 0 Å². The van der Waals surface area contributed by atoms with Crippen molar-refractivity contribution < 1.29 is 22.7 Å². The Bertz CT molecular complexity index is 653. The molecule has 0 bridgehead atoms. The third-order valence-corrected chi connectivity index (χ3v) is 4.90. The number of carbonyl (C=O) groups is 1. The first-order chi connectivity index (χ1) is 10.0. The van der Waals surface area contributed by atoms with E-state index in [-0.39, 0.29) is 23.3 Å². The van der Waals surface area contributed by atoms with E-state index in [1.54, 1.807) is 6.07 Å². The van der Waals surface area contributed by atoms with Crippen LogP contribution in [-0.2, 0) is 19.6 Å². The highest BCUT2D eigenvalue weighted by molar-refractivity contribution is 7.89. The number of fused-ring (bicyclic) bond motifs is 1. The number of anilines is 1. The van der Waals surface area contributed by atoms with Gasteiger partial charge >= 0.3 is 0 Å². The van der Waals surface area contributed by atoms with E-state index in [2.05, 4.69) is 10.0 Å². The second-order valence-corrected chi connectivity index (χ2v) is 6.84. The third-order valence-electron chi connectivity index (χ3n) is 3.48. The van der Waals surface area contributed by atoms with E-state index in [0.717, 1.165) is 6.42 Å². The number of amides is 1. The fourth-order valence-corrected chi connectivity index (χ4v) is 3.43. The average Bonchev–Trinajstić information content (AvgIpc) is 2.98. The van der Waals surface area contributed by atoms with Gasteiger partial charge in [-0.3, -0.25) is 4.79 Å². The number of hydrogen-bond acceptors (Lipinski definition) is 5. The van der Waals surface area contributed by atoms with Gasteiger partial charge in [0.15, 0.2) is 6.61 Å². The van der Waals surface area contributed by atoms with Crippen LogP contribution in [0.5, 0.6) is 5.75 Å². The normalized spacial score (nSPS) is 21.5. The second-order valence-electron chi connectivity index (χ2n) is 5.08. The summed E-state index contributed by atoms with van der Waals surface area (Å²) in [6.07, 6.45) is 0.858. The summed E-state index contributed by atoms with van der Waals surface area (Å²) in [4.78, 5) is 11.4. The number of rotatable bonds is 4. The van der Waals surface area contributed by atoms with Crippen LogP contribution in [0.2, 0.25) is 0 Å². The Labute approximate surface area is 122 Å². The van der Waals surface area contributed by atoms with Crippen molar-refractivity contribution in [3.63, 3.8) is 0 Å². The third kappa shape index (κ3) is 3.17. The molecule has 3 rings (SSSR count). The Morgan fingerprint density at radius 3 is 3.00 bits per heavy atom. The lowest BCUT2D eigenvalue weighted by Gasteiger charge is -2.18. The lowest BCUT2D eigenvalue weighted by molar-refractivity contribution is -0.118. The van der Waals surface area contributed by atoms with Crippen LogP contribution in [0.3, 0.4) is 0 Å². The fraction of sp³-hybridized carbons (Fsp3) is 0.462. The van der Waals surface area contributed by atoms with Crippen molar-refractivity contribution in [1.29, 1.82) is 0 Å². The Morgan fingerprint density at radius 2 is 2.24 bits per heavy atom. The van der Waals surface area contributed by atoms with Crippen LogP contribution < -0.4 is 14.8 Å². The van der Waals surface area contributed by atoms with Crippen LogP contribution in [0.4, 0.5) is 5.69 Å². The summed E-state index contributed by atoms with van der Waals surface area (Å²) >= 11 is 0. The zero-order valence-electron chi connectivity index (χ0n) is 11.3. The molecular weight excluding hydrogens is 296 g/mol. The lowest BCUT2D eigenvalue weighted by atomic mass is 10.1. The van der Waals surface area contributed by atoms with Crippen LogP contribution in [0.25, 0.3) is 0 Å². The molecule has 0 unspecified atom stereocenters. The molecule has 1 aromatic rings. The van der Waals surface area contributed by atoms with Crippen LogP contribution in [-0.4, -0.2) is 40.7 Å². The number of sulfonamides is 1. The molecule has 0 saturated carbocycles. The summed E-state index contributed by atoms with van der Waals surface area (Å²) in [5.74, 6) is 0.381. The van der Waals surface area contributed by atoms with Gasteiger partial charge in [-0.25, -0.2) is 13.1 Å². The molecule has 0 spiro atoms. The SMILES string of the molecule is O=C1COc2ccc(S(=O)(=O)NC[C@H]3CCOC3)cc2N1. The van der Waals surface area contributed by atoms with Crippen molar-refractivity contribution in [3.8, 4) is 5.75 Å². The van der Waals surface area contributed by atoms with Gasteiger partial charge in [-0.2, -0.15) is 0 Å². The Hall–Kier alpha value is -1.64. The summed E-state index contributed by atoms with van der Waals surface area (Å²) in [5.41, 5.74) is 0.373. The van der Waals surface area contributed by atoms with Gasteiger partial charge in [0.05, 0.1) is 17.2 Å². The van der Waals surface area contributed by atoms with Crippen molar-refractivity contribution in [2.75, 3.05) is 31.7 Å². The van der Waals surface area contributed by atoms with Gasteiger partial charge in [-0.15, -0.1) is 0 Å². The zero-order chi connectivity index (χ0) is 14.9. The Morgan fingerprint density at radius 1 is 1.38 bits per heavy atom. The van der Waals surface area contributed by atoms with E-state index < -0.39 is 10.0 Å². The molecule has 1 fully saturated rings. The van der Waals surface area contributed by atoms with Crippen molar-refractivity contribution in [2.24, 2.45) is 5.92 Å². The first-order valence-corrected chi connectivity index (χ1v) is 8.17. The van der Waals surface area contributed by atoms with Crippen molar-refractivity contribution in [2.45, 2.75) is 11.3 Å². The molecule has 0 aromatic heterocycles. The molecule has 2 N–H and O–H groups in total. The van der Waals surface area contributed by atoms with E-state index in [1.807, 2.05) is 0 Å². The monoisotopic (exact) mass is 312 g/mol. The van der Waals surface area contributed by atoms with E-state index in [9.17, 15) is 13.2 Å². The molecule has 2 heterocycles. The maximum atomic E-state index is 12.3. The largest absolute Gasteiger partial charge is 0.482 e. The van der Waals surface area contributed by atoms with Gasteiger partial charge in [0.1, 0.15) is 5.75 Å². The molecular formula is C13H16N2O5S. The molecule has 1 saturated heterocycles. The standard InChI is InChI=1S/C13H16N2O5S/c16-13-8-20-12-2-1-10(5-11(12)15-13)21(17,18)14-6-9-3-4-19-7-9/h1-2,5,9,14H,3-4,6-8H2,(H,15,16)/t9-/m1/s1. The number of hydrogen-bond donors (Lipinski definition) is 2. The van der Waals surface area contributed by atoms with Crippen LogP contribution >= 0.6 is 0 Å². The smallest absolute Gasteiger partial charge is 0.262 e. The van der Waals surface area contributed by atoms with E-state index in [0.29, 0.717) is 31.2 Å². The van der Waals surface area contributed by atoms with Gasteiger partial charge in [0.25, 0.3) is 5.91 Å². The number of carbonyl (C=O) groups excluding carboxylic acids is 1. The Kier molecular flexibility index (Phi) is 3.83. The minimum Gasteiger partial charge on any atom is -0.482 e. The molecule has 7 nitrogen and oxygen atoms in total. The molecule has 1 aromatic carbocycles. The van der Waals surface area contributed by atoms with E-state index in [4.69, 9.17) is 9.47 Å². The van der Waals surface area contributed by atoms with Gasteiger partial charge < -0.3 is 14.8 Å². The summed E-state index contributed by atoms with van der Waals surface area (Å²) < 4.78 is 37.5. The average molecular weight is 312 g/mol. The van der Waals surface area contributed by atoms with Gasteiger partial charge in [0, 0.05) is 13.2 Å². The van der Waals surface area contributed by atoms with Crippen molar-refractivity contribution in [3.05, 3.63) is 18.2 Å². The van der Waals surface area contributed by atoms with E-state index in [1.165, 1.54) is 12.1 Å². The molecule has 2 aliphatic rings. The minimum absolute atomic E-state index is 0.0565. The summed E-state index contributed by atoms with van der Waals surface area (Å²) in [7, 11) is -3.61. The maximum Gasteiger partial charge on any atom is 0.262 e. The molecule has 21 heavy (non-hydrogen) atoms. The maximum absolute atomic E-state index is 12.3. The van der Waals surface area contributed by atoms with Crippen molar-refractivity contribution in [1.82, 2.24) is 4.72 Å². The van der Waals surface area contributed by atoms with Gasteiger partial charge in [-0.1, -0.05) is 0 Å². The van der Waals surface area contributed by atoms with Gasteiger partial charge in [-0.05, 0) is 30.5 Å². The predicted octanol–water partition coefficient (Wildman–Crippen LogP) is 0.332. The topological polar surface area (TPSA) is 93.7 Å². The Balaban J connectivity index is 1.75. The molecule has 1 atom stereocenters. The highest BCUT2D eigenvalue weighted by Gasteiger charge is 2.23.